The Kier molecular flexibility index (Phi) is 3.60. The number of rotatable bonds is 3. The number of hydrogen-bond acceptors (Lipinski definition) is 3. The minimum Gasteiger partial charge on any atom is -0.508 e. The molecule has 108 valence electrons. The van der Waals surface area contributed by atoms with Crippen LogP contribution < -0.4 is 4.90 Å². The molecule has 1 amide bonds. The molecule has 0 bridgehead atoms. The van der Waals surface area contributed by atoms with Crippen LogP contribution in [-0.4, -0.2) is 16.0 Å². The SMILES string of the molecule is CCC(c1ccc(O)cc1)N1C(=O)CCc2cccnc21. The van der Waals surface area contributed by atoms with Crippen LogP contribution in [-0.2, 0) is 11.2 Å². The van der Waals surface area contributed by atoms with E-state index in [-0.39, 0.29) is 17.7 Å². The molecule has 1 atom stereocenters. The molecule has 4 nitrogen and oxygen atoms in total. The fourth-order valence-electron chi connectivity index (χ4n) is 2.91. The van der Waals surface area contributed by atoms with Gasteiger partial charge in [-0.1, -0.05) is 25.1 Å². The summed E-state index contributed by atoms with van der Waals surface area (Å²) in [5.74, 6) is 1.12. The number of hydrogen-bond donors (Lipinski definition) is 1. The van der Waals surface area contributed by atoms with Gasteiger partial charge in [0.15, 0.2) is 0 Å². The van der Waals surface area contributed by atoms with Crippen molar-refractivity contribution in [2.24, 2.45) is 0 Å². The molecule has 1 aromatic heterocycles. The second-order valence-corrected chi connectivity index (χ2v) is 5.27. The lowest BCUT2D eigenvalue weighted by Crippen LogP contribution is -2.38. The molecule has 2 heterocycles. The second-order valence-electron chi connectivity index (χ2n) is 5.27. The number of nitrogens with zero attached hydrogens (tertiary/aromatic N) is 2. The van der Waals surface area contributed by atoms with Gasteiger partial charge in [-0.2, -0.15) is 0 Å². The third kappa shape index (κ3) is 2.49. The first kappa shape index (κ1) is 13.6. The molecule has 0 radical (unpaired) electrons. The number of phenolic OH excluding ortho intramolecular Hbond substituents is 1. The van der Waals surface area contributed by atoms with Crippen LogP contribution in [0.15, 0.2) is 42.6 Å². The second kappa shape index (κ2) is 5.56. The zero-order chi connectivity index (χ0) is 14.8. The first-order valence-corrected chi connectivity index (χ1v) is 7.25. The van der Waals surface area contributed by atoms with Crippen molar-refractivity contribution in [2.45, 2.75) is 32.2 Å². The van der Waals surface area contributed by atoms with E-state index in [2.05, 4.69) is 11.9 Å². The van der Waals surface area contributed by atoms with Gasteiger partial charge < -0.3 is 5.11 Å². The number of benzene rings is 1. The van der Waals surface area contributed by atoms with Gasteiger partial charge >= 0.3 is 0 Å². The van der Waals surface area contributed by atoms with Gasteiger partial charge in [-0.3, -0.25) is 9.69 Å². The molecule has 0 saturated heterocycles. The molecular formula is C17H18N2O2. The number of aromatic hydroxyl groups is 1. The van der Waals surface area contributed by atoms with Crippen molar-refractivity contribution in [1.29, 1.82) is 0 Å². The zero-order valence-corrected chi connectivity index (χ0v) is 12.0. The van der Waals surface area contributed by atoms with Crippen molar-refractivity contribution in [3.63, 3.8) is 0 Å². The number of aromatic nitrogens is 1. The minimum atomic E-state index is -0.0490. The van der Waals surface area contributed by atoms with Crippen LogP contribution in [0, 0.1) is 0 Å². The molecule has 1 aromatic carbocycles. The Morgan fingerprint density at radius 3 is 2.71 bits per heavy atom. The quantitative estimate of drug-likeness (QED) is 0.940. The van der Waals surface area contributed by atoms with Crippen molar-refractivity contribution in [3.05, 3.63) is 53.7 Å². The van der Waals surface area contributed by atoms with E-state index in [9.17, 15) is 9.90 Å². The van der Waals surface area contributed by atoms with Crippen LogP contribution in [0.1, 0.15) is 36.9 Å². The van der Waals surface area contributed by atoms with Gasteiger partial charge in [0.05, 0.1) is 6.04 Å². The van der Waals surface area contributed by atoms with Gasteiger partial charge in [0, 0.05) is 12.6 Å². The zero-order valence-electron chi connectivity index (χ0n) is 12.0. The van der Waals surface area contributed by atoms with E-state index in [1.165, 1.54) is 0 Å². The maximum absolute atomic E-state index is 12.4. The first-order valence-electron chi connectivity index (χ1n) is 7.25. The molecular weight excluding hydrogens is 264 g/mol. The topological polar surface area (TPSA) is 53.4 Å². The third-order valence-electron chi connectivity index (χ3n) is 3.95. The molecule has 1 N–H and O–H groups in total. The summed E-state index contributed by atoms with van der Waals surface area (Å²) in [5.41, 5.74) is 2.14. The Bertz CT molecular complexity index is 652. The highest BCUT2D eigenvalue weighted by molar-refractivity contribution is 5.96. The average molecular weight is 282 g/mol. The summed E-state index contributed by atoms with van der Waals surface area (Å²) in [6, 6.07) is 11.0. The normalized spacial score (nSPS) is 15.7. The molecule has 1 aliphatic heterocycles. The lowest BCUT2D eigenvalue weighted by Gasteiger charge is -2.35. The van der Waals surface area contributed by atoms with Gasteiger partial charge in [-0.25, -0.2) is 4.98 Å². The van der Waals surface area contributed by atoms with Crippen molar-refractivity contribution in [1.82, 2.24) is 4.98 Å². The van der Waals surface area contributed by atoms with Gasteiger partial charge in [0.25, 0.3) is 0 Å². The molecule has 2 aromatic rings. The van der Waals surface area contributed by atoms with Crippen LogP contribution in [0.2, 0.25) is 0 Å². The summed E-state index contributed by atoms with van der Waals surface area (Å²) in [6.45, 7) is 2.06. The summed E-state index contributed by atoms with van der Waals surface area (Å²) < 4.78 is 0. The van der Waals surface area contributed by atoms with Gasteiger partial charge in [-0.05, 0) is 42.2 Å². The molecule has 1 unspecified atom stereocenters. The predicted molar refractivity (Wildman–Crippen MR) is 81.2 cm³/mol. The van der Waals surface area contributed by atoms with Gasteiger partial charge in [0.1, 0.15) is 11.6 Å². The lowest BCUT2D eigenvalue weighted by atomic mass is 9.97. The molecule has 0 saturated carbocycles. The van der Waals surface area contributed by atoms with E-state index in [1.54, 1.807) is 18.3 Å². The first-order chi connectivity index (χ1) is 10.2. The van der Waals surface area contributed by atoms with Crippen LogP contribution in [0.5, 0.6) is 5.75 Å². The third-order valence-corrected chi connectivity index (χ3v) is 3.95. The van der Waals surface area contributed by atoms with Crippen molar-refractivity contribution in [3.8, 4) is 5.75 Å². The standard InChI is InChI=1S/C17H18N2O2/c1-2-15(12-5-8-14(20)9-6-12)19-16(21)10-7-13-4-3-11-18-17(13)19/h3-6,8-9,11,15,20H,2,7,10H2,1H3. The molecule has 21 heavy (non-hydrogen) atoms. The Hall–Kier alpha value is -2.36. The summed E-state index contributed by atoms with van der Waals surface area (Å²) in [4.78, 5) is 18.7. The number of carbonyl (C=O) groups excluding carboxylic acids is 1. The van der Waals surface area contributed by atoms with E-state index >= 15 is 0 Å². The Balaban J connectivity index is 2.04. The van der Waals surface area contributed by atoms with E-state index in [4.69, 9.17) is 0 Å². The number of anilines is 1. The average Bonchev–Trinajstić information content (AvgIpc) is 2.52. The van der Waals surface area contributed by atoms with E-state index in [1.807, 2.05) is 29.2 Å². The molecule has 0 fully saturated rings. The smallest absolute Gasteiger partial charge is 0.229 e. The van der Waals surface area contributed by atoms with Gasteiger partial charge in [0.2, 0.25) is 5.91 Å². The highest BCUT2D eigenvalue weighted by atomic mass is 16.3. The Morgan fingerprint density at radius 1 is 1.24 bits per heavy atom. The van der Waals surface area contributed by atoms with Gasteiger partial charge in [-0.15, -0.1) is 0 Å². The minimum absolute atomic E-state index is 0.0490. The van der Waals surface area contributed by atoms with Crippen LogP contribution >= 0.6 is 0 Å². The maximum atomic E-state index is 12.4. The van der Waals surface area contributed by atoms with E-state index in [0.717, 1.165) is 29.8 Å². The largest absolute Gasteiger partial charge is 0.508 e. The predicted octanol–water partition coefficient (Wildman–Crippen LogP) is 3.22. The summed E-state index contributed by atoms with van der Waals surface area (Å²) in [7, 11) is 0. The summed E-state index contributed by atoms with van der Waals surface area (Å²) in [6.07, 6.45) is 3.80. The fourth-order valence-corrected chi connectivity index (χ4v) is 2.91. The maximum Gasteiger partial charge on any atom is 0.229 e. The number of phenols is 1. The molecule has 0 aliphatic carbocycles. The highest BCUT2D eigenvalue weighted by Crippen LogP contribution is 2.35. The Labute approximate surface area is 124 Å². The summed E-state index contributed by atoms with van der Waals surface area (Å²) >= 11 is 0. The van der Waals surface area contributed by atoms with E-state index in [0.29, 0.717) is 6.42 Å². The number of aryl methyl sites for hydroxylation is 1. The summed E-state index contributed by atoms with van der Waals surface area (Å²) in [5, 5.41) is 9.44. The fraction of sp³-hybridized carbons (Fsp3) is 0.294. The van der Waals surface area contributed by atoms with E-state index < -0.39 is 0 Å². The number of carbonyl (C=O) groups is 1. The van der Waals surface area contributed by atoms with Crippen LogP contribution in [0.25, 0.3) is 0 Å². The van der Waals surface area contributed by atoms with Crippen LogP contribution in [0.3, 0.4) is 0 Å². The monoisotopic (exact) mass is 282 g/mol. The molecule has 1 aliphatic rings. The van der Waals surface area contributed by atoms with Crippen molar-refractivity contribution >= 4 is 11.7 Å². The van der Waals surface area contributed by atoms with Crippen molar-refractivity contribution < 1.29 is 9.90 Å². The number of fused-ring (bicyclic) bond motifs is 1. The molecule has 3 rings (SSSR count). The molecule has 4 heteroatoms. The Morgan fingerprint density at radius 2 is 2.00 bits per heavy atom. The molecule has 0 spiro atoms. The lowest BCUT2D eigenvalue weighted by molar-refractivity contribution is -0.119. The van der Waals surface area contributed by atoms with Crippen molar-refractivity contribution in [2.75, 3.05) is 4.90 Å². The number of pyridine rings is 1. The van der Waals surface area contributed by atoms with Crippen LogP contribution in [0.4, 0.5) is 5.82 Å². The highest BCUT2D eigenvalue weighted by Gasteiger charge is 2.31. The number of amides is 1.